The number of amides is 2. The highest BCUT2D eigenvalue weighted by Gasteiger charge is 2.55. The SMILES string of the molecule is Cc1ccc(CNC(=O)N2C[C@@H]3CCC[C@@]3(C(=O)O)C2)s1. The van der Waals surface area contributed by atoms with Gasteiger partial charge in [0.1, 0.15) is 0 Å². The van der Waals surface area contributed by atoms with Crippen LogP contribution in [0.3, 0.4) is 0 Å². The first-order valence-electron chi connectivity index (χ1n) is 7.33. The second kappa shape index (κ2) is 5.33. The van der Waals surface area contributed by atoms with E-state index in [1.165, 1.54) is 4.88 Å². The van der Waals surface area contributed by atoms with Crippen molar-refractivity contribution in [3.63, 3.8) is 0 Å². The molecule has 0 radical (unpaired) electrons. The quantitative estimate of drug-likeness (QED) is 0.901. The van der Waals surface area contributed by atoms with Gasteiger partial charge in [0, 0.05) is 22.8 Å². The van der Waals surface area contributed by atoms with Gasteiger partial charge in [-0.25, -0.2) is 4.79 Å². The highest BCUT2D eigenvalue weighted by Crippen LogP contribution is 2.48. The molecule has 2 fully saturated rings. The first-order valence-corrected chi connectivity index (χ1v) is 8.14. The molecule has 0 spiro atoms. The van der Waals surface area contributed by atoms with Crippen molar-refractivity contribution in [3.05, 3.63) is 21.9 Å². The largest absolute Gasteiger partial charge is 0.481 e. The monoisotopic (exact) mass is 308 g/mol. The number of fused-ring (bicyclic) bond motifs is 1. The van der Waals surface area contributed by atoms with Crippen LogP contribution in [0.5, 0.6) is 0 Å². The average molecular weight is 308 g/mol. The molecule has 3 rings (SSSR count). The van der Waals surface area contributed by atoms with E-state index in [4.69, 9.17) is 0 Å². The smallest absolute Gasteiger partial charge is 0.317 e. The lowest BCUT2D eigenvalue weighted by atomic mass is 9.81. The average Bonchev–Trinajstić information content (AvgIpc) is 3.09. The lowest BCUT2D eigenvalue weighted by Crippen LogP contribution is -2.41. The van der Waals surface area contributed by atoms with E-state index in [0.29, 0.717) is 26.1 Å². The molecular formula is C15H20N2O3S. The number of likely N-dealkylation sites (tertiary alicyclic amines) is 1. The van der Waals surface area contributed by atoms with Crippen LogP contribution in [0, 0.1) is 18.3 Å². The topological polar surface area (TPSA) is 69.6 Å². The Labute approximate surface area is 128 Å². The second-order valence-electron chi connectivity index (χ2n) is 6.10. The van der Waals surface area contributed by atoms with Crippen molar-refractivity contribution in [2.45, 2.75) is 32.7 Å². The number of carbonyl (C=O) groups is 2. The number of nitrogens with zero attached hydrogens (tertiary/aromatic N) is 1. The highest BCUT2D eigenvalue weighted by atomic mass is 32.1. The molecule has 0 bridgehead atoms. The van der Waals surface area contributed by atoms with Crippen molar-refractivity contribution in [1.82, 2.24) is 10.2 Å². The molecule has 1 aromatic rings. The zero-order valence-corrected chi connectivity index (χ0v) is 12.9. The van der Waals surface area contributed by atoms with E-state index < -0.39 is 11.4 Å². The summed E-state index contributed by atoms with van der Waals surface area (Å²) in [6, 6.07) is 3.90. The summed E-state index contributed by atoms with van der Waals surface area (Å²) in [5.74, 6) is -0.626. The van der Waals surface area contributed by atoms with Crippen LogP contribution in [0.15, 0.2) is 12.1 Å². The van der Waals surface area contributed by atoms with Gasteiger partial charge in [-0.1, -0.05) is 6.42 Å². The van der Waals surface area contributed by atoms with Gasteiger partial charge in [0.05, 0.1) is 12.0 Å². The third kappa shape index (κ3) is 2.52. The molecule has 114 valence electrons. The maximum absolute atomic E-state index is 12.2. The summed E-state index contributed by atoms with van der Waals surface area (Å²) in [7, 11) is 0. The summed E-state index contributed by atoms with van der Waals surface area (Å²) in [4.78, 5) is 27.9. The van der Waals surface area contributed by atoms with Crippen LogP contribution in [-0.2, 0) is 11.3 Å². The van der Waals surface area contributed by atoms with Gasteiger partial charge in [-0.05, 0) is 37.8 Å². The molecule has 2 aliphatic rings. The van der Waals surface area contributed by atoms with E-state index in [2.05, 4.69) is 5.32 Å². The zero-order valence-electron chi connectivity index (χ0n) is 12.1. The Balaban J connectivity index is 1.61. The molecule has 1 aromatic heterocycles. The molecule has 5 nitrogen and oxygen atoms in total. The zero-order chi connectivity index (χ0) is 15.0. The molecular weight excluding hydrogens is 288 g/mol. The highest BCUT2D eigenvalue weighted by molar-refractivity contribution is 7.11. The van der Waals surface area contributed by atoms with Crippen molar-refractivity contribution in [2.75, 3.05) is 13.1 Å². The third-order valence-electron chi connectivity index (χ3n) is 4.79. The lowest BCUT2D eigenvalue weighted by molar-refractivity contribution is -0.149. The number of thiophene rings is 1. The molecule has 2 N–H and O–H groups in total. The summed E-state index contributed by atoms with van der Waals surface area (Å²) in [6.07, 6.45) is 2.57. The van der Waals surface area contributed by atoms with Gasteiger partial charge in [0.2, 0.25) is 0 Å². The number of hydrogen-bond acceptors (Lipinski definition) is 3. The van der Waals surface area contributed by atoms with Gasteiger partial charge in [-0.2, -0.15) is 0 Å². The molecule has 1 aliphatic heterocycles. The minimum atomic E-state index is -0.741. The number of carboxylic acid groups (broad SMARTS) is 1. The van der Waals surface area contributed by atoms with Crippen LogP contribution in [0.2, 0.25) is 0 Å². The number of carbonyl (C=O) groups excluding carboxylic acids is 1. The van der Waals surface area contributed by atoms with Crippen molar-refractivity contribution in [3.8, 4) is 0 Å². The predicted octanol–water partition coefficient (Wildman–Crippen LogP) is 2.45. The molecule has 0 unspecified atom stereocenters. The molecule has 2 atom stereocenters. The summed E-state index contributed by atoms with van der Waals surface area (Å²) in [6.45, 7) is 3.47. The number of aliphatic carboxylic acids is 1. The van der Waals surface area contributed by atoms with Crippen LogP contribution in [-0.4, -0.2) is 35.1 Å². The van der Waals surface area contributed by atoms with Gasteiger partial charge >= 0.3 is 12.0 Å². The normalized spacial score (nSPS) is 27.7. The van der Waals surface area contributed by atoms with E-state index >= 15 is 0 Å². The van der Waals surface area contributed by atoms with E-state index in [9.17, 15) is 14.7 Å². The summed E-state index contributed by atoms with van der Waals surface area (Å²) in [5.41, 5.74) is -0.698. The number of hydrogen-bond donors (Lipinski definition) is 2. The Kier molecular flexibility index (Phi) is 3.65. The second-order valence-corrected chi connectivity index (χ2v) is 7.47. The molecule has 2 amide bonds. The van der Waals surface area contributed by atoms with E-state index in [1.807, 2.05) is 19.1 Å². The van der Waals surface area contributed by atoms with Gasteiger partial charge in [-0.3, -0.25) is 4.79 Å². The fraction of sp³-hybridized carbons (Fsp3) is 0.600. The van der Waals surface area contributed by atoms with Gasteiger partial charge in [-0.15, -0.1) is 11.3 Å². The number of aryl methyl sites for hydroxylation is 1. The number of urea groups is 1. The summed E-state index contributed by atoms with van der Waals surface area (Å²) < 4.78 is 0. The summed E-state index contributed by atoms with van der Waals surface area (Å²) >= 11 is 1.67. The Hall–Kier alpha value is -1.56. The molecule has 1 aliphatic carbocycles. The predicted molar refractivity (Wildman–Crippen MR) is 80.3 cm³/mol. The van der Waals surface area contributed by atoms with Crippen molar-refractivity contribution in [1.29, 1.82) is 0 Å². The van der Waals surface area contributed by atoms with E-state index in [-0.39, 0.29) is 11.9 Å². The lowest BCUT2D eigenvalue weighted by Gasteiger charge is -2.23. The molecule has 1 saturated heterocycles. The van der Waals surface area contributed by atoms with E-state index in [0.717, 1.165) is 17.7 Å². The molecule has 1 saturated carbocycles. The molecule has 21 heavy (non-hydrogen) atoms. The maximum Gasteiger partial charge on any atom is 0.317 e. The van der Waals surface area contributed by atoms with Crippen molar-refractivity contribution in [2.24, 2.45) is 11.3 Å². The summed E-state index contributed by atoms with van der Waals surface area (Å²) in [5, 5.41) is 12.4. The van der Waals surface area contributed by atoms with Gasteiger partial charge in [0.25, 0.3) is 0 Å². The Morgan fingerprint density at radius 3 is 2.95 bits per heavy atom. The van der Waals surface area contributed by atoms with Crippen LogP contribution in [0.1, 0.15) is 29.0 Å². The van der Waals surface area contributed by atoms with Gasteiger partial charge in [0.15, 0.2) is 0 Å². The minimum Gasteiger partial charge on any atom is -0.481 e. The van der Waals surface area contributed by atoms with Gasteiger partial charge < -0.3 is 15.3 Å². The Morgan fingerprint density at radius 2 is 2.33 bits per heavy atom. The van der Waals surface area contributed by atoms with Crippen LogP contribution >= 0.6 is 11.3 Å². The Morgan fingerprint density at radius 1 is 1.52 bits per heavy atom. The third-order valence-corrected chi connectivity index (χ3v) is 5.79. The van der Waals surface area contributed by atoms with E-state index in [1.54, 1.807) is 16.2 Å². The first kappa shape index (κ1) is 14.4. The fourth-order valence-electron chi connectivity index (χ4n) is 3.65. The number of carboxylic acids is 1. The van der Waals surface area contributed by atoms with Crippen LogP contribution in [0.4, 0.5) is 4.79 Å². The molecule has 0 aromatic carbocycles. The number of rotatable bonds is 3. The first-order chi connectivity index (χ1) is 10.0. The standard InChI is InChI=1S/C15H20N2O3S/c1-10-4-5-12(21-10)7-16-14(20)17-8-11-3-2-6-15(11,9-17)13(18)19/h4-5,11H,2-3,6-9H2,1H3,(H,16,20)(H,18,19)/t11-,15+/m0/s1. The van der Waals surface area contributed by atoms with Crippen LogP contribution in [0.25, 0.3) is 0 Å². The maximum atomic E-state index is 12.2. The molecule has 6 heteroatoms. The fourth-order valence-corrected chi connectivity index (χ4v) is 4.48. The van der Waals surface area contributed by atoms with Crippen LogP contribution < -0.4 is 5.32 Å². The van der Waals surface area contributed by atoms with Crippen molar-refractivity contribution >= 4 is 23.3 Å². The minimum absolute atomic E-state index is 0.115. The Bertz CT molecular complexity index is 571. The van der Waals surface area contributed by atoms with Crippen molar-refractivity contribution < 1.29 is 14.7 Å². The number of nitrogens with one attached hydrogen (secondary N) is 1. The molecule has 2 heterocycles.